The quantitative estimate of drug-likeness (QED) is 0.301. The molecule has 4 rings (SSSR count). The van der Waals surface area contributed by atoms with E-state index in [1.807, 2.05) is 43.0 Å². The van der Waals surface area contributed by atoms with Gasteiger partial charge < -0.3 is 9.64 Å². The average Bonchev–Trinajstić information content (AvgIpc) is 2.89. The van der Waals surface area contributed by atoms with Crippen LogP contribution < -0.4 is 4.90 Å². The largest absolute Gasteiger partial charge is 0.466 e. The van der Waals surface area contributed by atoms with E-state index >= 15 is 0 Å². The molecule has 1 aromatic heterocycles. The van der Waals surface area contributed by atoms with Gasteiger partial charge in [0.05, 0.1) is 23.8 Å². The van der Waals surface area contributed by atoms with Gasteiger partial charge in [0.25, 0.3) is 0 Å². The Labute approximate surface area is 219 Å². The maximum absolute atomic E-state index is 14.1. The Morgan fingerprint density at radius 1 is 1.08 bits per heavy atom. The number of benzene rings is 2. The molecule has 2 aromatic carbocycles. The number of rotatable bonds is 7. The first-order valence-corrected chi connectivity index (χ1v) is 13.2. The zero-order chi connectivity index (χ0) is 26.6. The van der Waals surface area contributed by atoms with Crippen molar-refractivity contribution in [1.29, 1.82) is 0 Å². The van der Waals surface area contributed by atoms with Crippen molar-refractivity contribution in [3.05, 3.63) is 66.0 Å². The highest BCUT2D eigenvalue weighted by Gasteiger charge is 2.34. The molecule has 3 aromatic rings. The lowest BCUT2D eigenvalue weighted by atomic mass is 9.97. The van der Waals surface area contributed by atoms with Gasteiger partial charge in [0.15, 0.2) is 0 Å². The van der Waals surface area contributed by atoms with Crippen LogP contribution >= 0.6 is 11.8 Å². The van der Waals surface area contributed by atoms with Crippen LogP contribution in [0.25, 0.3) is 11.3 Å². The van der Waals surface area contributed by atoms with E-state index in [0.29, 0.717) is 49.6 Å². The van der Waals surface area contributed by atoms with E-state index in [2.05, 4.69) is 9.97 Å². The van der Waals surface area contributed by atoms with Gasteiger partial charge in [-0.15, -0.1) is 0 Å². The first-order valence-electron chi connectivity index (χ1n) is 12.4. The van der Waals surface area contributed by atoms with Gasteiger partial charge in [-0.1, -0.05) is 49.9 Å². The van der Waals surface area contributed by atoms with Crippen LogP contribution in [-0.4, -0.2) is 35.6 Å². The molecular formula is C28H30F3N3O2S. The molecule has 0 amide bonds. The molecule has 0 N–H and O–H groups in total. The van der Waals surface area contributed by atoms with Gasteiger partial charge in [-0.25, -0.2) is 9.97 Å². The summed E-state index contributed by atoms with van der Waals surface area (Å²) in [5.74, 6) is 0.501. The van der Waals surface area contributed by atoms with Crippen molar-refractivity contribution in [3.8, 4) is 11.3 Å². The lowest BCUT2D eigenvalue weighted by molar-refractivity contribution is -0.148. The summed E-state index contributed by atoms with van der Waals surface area (Å²) >= 11 is 1.13. The van der Waals surface area contributed by atoms with Crippen LogP contribution in [0.1, 0.15) is 50.7 Å². The molecule has 1 fully saturated rings. The summed E-state index contributed by atoms with van der Waals surface area (Å²) in [6.07, 6.45) is -1.87. The number of aromatic nitrogens is 2. The van der Waals surface area contributed by atoms with Gasteiger partial charge in [0.1, 0.15) is 12.1 Å². The molecule has 0 radical (unpaired) electrons. The van der Waals surface area contributed by atoms with E-state index in [4.69, 9.17) is 4.74 Å². The molecule has 0 atom stereocenters. The molecule has 1 saturated heterocycles. The fourth-order valence-electron chi connectivity index (χ4n) is 4.45. The van der Waals surface area contributed by atoms with Crippen molar-refractivity contribution in [3.63, 3.8) is 0 Å². The number of ether oxygens (including phenoxy) is 1. The number of hydrogen-bond acceptors (Lipinski definition) is 6. The van der Waals surface area contributed by atoms with Crippen molar-refractivity contribution in [2.24, 2.45) is 5.92 Å². The standard InChI is InChI=1S/C28H30F3N3O2S/c1-4-36-27(35)19-11-13-34(14-12-19)26-16-23(32-17-33-26)20-9-10-25(22(15-20)28(29,30)31)37-24-8-6-5-7-21(24)18(2)3/h5-10,15-19H,4,11-14H2,1-3H3. The molecule has 196 valence electrons. The van der Waals surface area contributed by atoms with Gasteiger partial charge in [-0.05, 0) is 49.4 Å². The Kier molecular flexibility index (Phi) is 8.42. The van der Waals surface area contributed by atoms with E-state index < -0.39 is 11.7 Å². The summed E-state index contributed by atoms with van der Waals surface area (Å²) in [5, 5.41) is 0. The first-order chi connectivity index (χ1) is 17.7. The van der Waals surface area contributed by atoms with Crippen LogP contribution in [0, 0.1) is 5.92 Å². The van der Waals surface area contributed by atoms with Crippen molar-refractivity contribution >= 4 is 23.5 Å². The number of anilines is 1. The number of halogens is 3. The molecule has 0 unspecified atom stereocenters. The van der Waals surface area contributed by atoms with Crippen LogP contribution in [0.5, 0.6) is 0 Å². The fraction of sp³-hybridized carbons (Fsp3) is 0.393. The molecule has 9 heteroatoms. The molecule has 0 saturated carbocycles. The SMILES string of the molecule is CCOC(=O)C1CCN(c2cc(-c3ccc(Sc4ccccc4C(C)C)c(C(F)(F)F)c3)ncn2)CC1. The predicted octanol–water partition coefficient (Wildman–Crippen LogP) is 7.22. The molecular weight excluding hydrogens is 499 g/mol. The van der Waals surface area contributed by atoms with Gasteiger partial charge in [0, 0.05) is 34.5 Å². The average molecular weight is 530 g/mol. The van der Waals surface area contributed by atoms with Crippen molar-refractivity contribution in [2.45, 2.75) is 55.5 Å². The highest BCUT2D eigenvalue weighted by molar-refractivity contribution is 7.99. The zero-order valence-electron chi connectivity index (χ0n) is 21.1. The number of hydrogen-bond donors (Lipinski definition) is 0. The van der Waals surface area contributed by atoms with Crippen molar-refractivity contribution in [2.75, 3.05) is 24.6 Å². The third-order valence-corrected chi connectivity index (χ3v) is 7.60. The van der Waals surface area contributed by atoms with E-state index in [1.165, 1.54) is 18.5 Å². The molecule has 0 bridgehead atoms. The van der Waals surface area contributed by atoms with Crippen LogP contribution in [0.4, 0.5) is 19.0 Å². The number of esters is 1. The Hall–Kier alpha value is -3.07. The molecule has 2 heterocycles. The lowest BCUT2D eigenvalue weighted by Crippen LogP contribution is -2.37. The summed E-state index contributed by atoms with van der Waals surface area (Å²) in [6.45, 7) is 7.42. The number of piperidine rings is 1. The lowest BCUT2D eigenvalue weighted by Gasteiger charge is -2.31. The second-order valence-electron chi connectivity index (χ2n) is 9.28. The monoisotopic (exact) mass is 529 g/mol. The van der Waals surface area contributed by atoms with E-state index in [0.717, 1.165) is 22.2 Å². The Morgan fingerprint density at radius 3 is 2.49 bits per heavy atom. The minimum atomic E-state index is -4.52. The molecule has 0 spiro atoms. The van der Waals surface area contributed by atoms with E-state index in [9.17, 15) is 18.0 Å². The minimum Gasteiger partial charge on any atom is -0.466 e. The van der Waals surface area contributed by atoms with Crippen molar-refractivity contribution in [1.82, 2.24) is 9.97 Å². The summed E-state index contributed by atoms with van der Waals surface area (Å²) in [7, 11) is 0. The minimum absolute atomic E-state index is 0.141. The second kappa shape index (κ2) is 11.5. The van der Waals surface area contributed by atoms with Crippen LogP contribution in [-0.2, 0) is 15.7 Å². The summed E-state index contributed by atoms with van der Waals surface area (Å²) in [6, 6.07) is 13.6. The van der Waals surface area contributed by atoms with E-state index in [1.54, 1.807) is 19.1 Å². The molecule has 37 heavy (non-hydrogen) atoms. The van der Waals surface area contributed by atoms with Crippen LogP contribution in [0.15, 0.2) is 64.6 Å². The maximum Gasteiger partial charge on any atom is 0.417 e. The topological polar surface area (TPSA) is 55.3 Å². The van der Waals surface area contributed by atoms with Gasteiger partial charge >= 0.3 is 12.1 Å². The molecule has 5 nitrogen and oxygen atoms in total. The summed E-state index contributed by atoms with van der Waals surface area (Å²) in [4.78, 5) is 23.6. The number of alkyl halides is 3. The highest BCUT2D eigenvalue weighted by Crippen LogP contribution is 2.43. The molecule has 1 aliphatic rings. The third-order valence-electron chi connectivity index (χ3n) is 6.43. The Balaban J connectivity index is 1.59. The van der Waals surface area contributed by atoms with Crippen molar-refractivity contribution < 1.29 is 22.7 Å². The van der Waals surface area contributed by atoms with Crippen LogP contribution in [0.2, 0.25) is 0 Å². The Morgan fingerprint density at radius 2 is 1.81 bits per heavy atom. The molecule has 0 aliphatic carbocycles. The Bertz CT molecular complexity index is 1240. The van der Waals surface area contributed by atoms with E-state index in [-0.39, 0.29) is 22.7 Å². The summed E-state index contributed by atoms with van der Waals surface area (Å²) in [5.41, 5.74) is 1.11. The molecule has 1 aliphatic heterocycles. The fourth-order valence-corrected chi connectivity index (χ4v) is 5.68. The van der Waals surface area contributed by atoms with Crippen LogP contribution in [0.3, 0.4) is 0 Å². The first kappa shape index (κ1) is 27.0. The highest BCUT2D eigenvalue weighted by atomic mass is 32.2. The number of carbonyl (C=O) groups is 1. The second-order valence-corrected chi connectivity index (χ2v) is 10.4. The normalized spacial score (nSPS) is 14.7. The maximum atomic E-state index is 14.1. The van der Waals surface area contributed by atoms with Gasteiger partial charge in [-0.2, -0.15) is 13.2 Å². The summed E-state index contributed by atoms with van der Waals surface area (Å²) < 4.78 is 47.5. The van der Waals surface area contributed by atoms with Gasteiger partial charge in [0.2, 0.25) is 0 Å². The van der Waals surface area contributed by atoms with Gasteiger partial charge in [-0.3, -0.25) is 4.79 Å². The third kappa shape index (κ3) is 6.44. The number of carbonyl (C=O) groups excluding carboxylic acids is 1. The zero-order valence-corrected chi connectivity index (χ0v) is 21.9. The smallest absolute Gasteiger partial charge is 0.417 e. The number of nitrogens with zero attached hydrogens (tertiary/aromatic N) is 3. The predicted molar refractivity (Wildman–Crippen MR) is 139 cm³/mol.